The fourth-order valence-corrected chi connectivity index (χ4v) is 8.18. The molecule has 0 spiro atoms. The van der Waals surface area contributed by atoms with Crippen molar-refractivity contribution in [2.75, 3.05) is 18.1 Å². The predicted molar refractivity (Wildman–Crippen MR) is 219 cm³/mol. The maximum absolute atomic E-state index is 15.5. The van der Waals surface area contributed by atoms with Crippen LogP contribution >= 0.6 is 11.6 Å². The van der Waals surface area contributed by atoms with Crippen LogP contribution in [0, 0.1) is 28.8 Å². The molecule has 12 nitrogen and oxygen atoms in total. The van der Waals surface area contributed by atoms with Crippen LogP contribution in [0.2, 0.25) is 5.02 Å². The summed E-state index contributed by atoms with van der Waals surface area (Å²) in [5.41, 5.74) is -6.80. The molecule has 65 heavy (non-hydrogen) atoms. The average Bonchev–Trinajstić information content (AvgIpc) is 3.68. The van der Waals surface area contributed by atoms with Gasteiger partial charge in [0.2, 0.25) is 5.91 Å². The third-order valence-electron chi connectivity index (χ3n) is 10.3. The molecule has 1 aliphatic rings. The van der Waals surface area contributed by atoms with Gasteiger partial charge >= 0.3 is 6.18 Å². The molecule has 4 N–H and O–H groups in total. The first-order chi connectivity index (χ1) is 30.5. The number of amides is 1. The number of alkyl halides is 7. The zero-order valence-electron chi connectivity index (χ0n) is 33.4. The second-order valence-corrected chi connectivity index (χ2v) is 16.4. The molecule has 0 saturated heterocycles. The number of nitrogens with one attached hydrogen (secondary N) is 4. The molecule has 7 rings (SSSR count). The fraction of sp³-hybridized carbons (Fsp3) is 0.268. The molecule has 3 aromatic carbocycles. The van der Waals surface area contributed by atoms with Gasteiger partial charge in [0.25, 0.3) is 17.9 Å². The summed E-state index contributed by atoms with van der Waals surface area (Å²) in [6.45, 7) is -1.42. The Kier molecular flexibility index (Phi) is 13.0. The Labute approximate surface area is 368 Å². The molecule has 0 bridgehead atoms. The number of pyridine rings is 1. The Hall–Kier alpha value is -6.20. The first-order valence-corrected chi connectivity index (χ1v) is 21.0. The minimum atomic E-state index is -5.21. The van der Waals surface area contributed by atoms with Crippen LogP contribution in [0.5, 0.6) is 0 Å². The summed E-state index contributed by atoms with van der Waals surface area (Å²) >= 11 is 4.54. The number of carbonyl (C=O) groups is 1. The summed E-state index contributed by atoms with van der Waals surface area (Å²) < 4.78 is 161. The standard InChI is InChI=1S/C41H32ClF10N9O3S/c1-18-11-24-34(41(50,51)52)58-60(35(24)40(18,48)49)17-31(62)55-28(14-19-12-20(43)15-21(44)13-19)38-57-37-23(7-9-27(56-37)22-5-3-4-6-26(22)45)39(63)61(38)29-10-8-25(42)32(36(53)59-65(2)64)33(29)54-16-30(46)47/h3-10,12-13,15,18,28,30,54H,11,14,16-17H2,1-2H3,(H2,53,59)(H,55,62)/t18-,28?,65?/m0/s1. The predicted octanol–water partition coefficient (Wildman–Crippen LogP) is 8.00. The molecule has 0 radical (unpaired) electrons. The van der Waals surface area contributed by atoms with Crippen LogP contribution in [0.15, 0.2) is 71.5 Å². The number of fused-ring (bicyclic) bond motifs is 2. The van der Waals surface area contributed by atoms with Crippen molar-refractivity contribution in [1.82, 2.24) is 34.4 Å². The van der Waals surface area contributed by atoms with Crippen LogP contribution in [-0.2, 0) is 47.6 Å². The van der Waals surface area contributed by atoms with Crippen molar-refractivity contribution < 1.29 is 53.3 Å². The third-order valence-corrected chi connectivity index (χ3v) is 11.1. The van der Waals surface area contributed by atoms with Gasteiger partial charge in [0.15, 0.2) is 17.2 Å². The maximum Gasteiger partial charge on any atom is 0.435 e. The molecule has 24 heteroatoms. The van der Waals surface area contributed by atoms with Gasteiger partial charge in [-0.25, -0.2) is 31.9 Å². The lowest BCUT2D eigenvalue weighted by molar-refractivity contribution is -0.142. The van der Waals surface area contributed by atoms with E-state index in [1.54, 1.807) is 0 Å². The van der Waals surface area contributed by atoms with Crippen LogP contribution in [0.4, 0.5) is 49.6 Å². The van der Waals surface area contributed by atoms with E-state index < -0.39 is 148 Å². The van der Waals surface area contributed by atoms with E-state index >= 15 is 13.2 Å². The second-order valence-electron chi connectivity index (χ2n) is 14.8. The summed E-state index contributed by atoms with van der Waals surface area (Å²) in [4.78, 5) is 37.9. The van der Waals surface area contributed by atoms with Crippen molar-refractivity contribution in [1.29, 1.82) is 5.41 Å². The third kappa shape index (κ3) is 9.48. The summed E-state index contributed by atoms with van der Waals surface area (Å²) in [6, 6.07) is 10.4. The fourth-order valence-electron chi connectivity index (χ4n) is 7.54. The quantitative estimate of drug-likeness (QED) is 0.0392. The van der Waals surface area contributed by atoms with Crippen molar-refractivity contribution in [2.24, 2.45) is 5.92 Å². The highest BCUT2D eigenvalue weighted by Crippen LogP contribution is 2.49. The highest BCUT2D eigenvalue weighted by Gasteiger charge is 2.54. The Bertz CT molecular complexity index is 2890. The Balaban J connectivity index is 1.49. The van der Waals surface area contributed by atoms with E-state index in [1.165, 1.54) is 30.3 Å². The lowest BCUT2D eigenvalue weighted by Gasteiger charge is -2.26. The van der Waals surface area contributed by atoms with Gasteiger partial charge in [-0.05, 0) is 60.5 Å². The van der Waals surface area contributed by atoms with E-state index in [4.69, 9.17) is 17.0 Å². The first-order valence-electron chi connectivity index (χ1n) is 19.1. The molecular formula is C41H32ClF10N9O3S. The van der Waals surface area contributed by atoms with Crippen LogP contribution in [0.3, 0.4) is 0 Å². The van der Waals surface area contributed by atoms with E-state index in [1.807, 2.05) is 0 Å². The van der Waals surface area contributed by atoms with Gasteiger partial charge in [0.05, 0.1) is 57.0 Å². The van der Waals surface area contributed by atoms with Crippen LogP contribution < -0.4 is 20.9 Å². The molecule has 0 saturated carbocycles. The monoisotopic (exact) mass is 955 g/mol. The molecule has 3 atom stereocenters. The average molecular weight is 956 g/mol. The second kappa shape index (κ2) is 18.0. The number of carbonyl (C=O) groups excluding carboxylic acids is 1. The smallest absolute Gasteiger partial charge is 0.435 e. The number of aromatic nitrogens is 5. The molecule has 1 amide bonds. The van der Waals surface area contributed by atoms with Gasteiger partial charge in [-0.3, -0.25) is 24.2 Å². The Morgan fingerprint density at radius 1 is 1.05 bits per heavy atom. The van der Waals surface area contributed by atoms with E-state index in [0.29, 0.717) is 6.07 Å². The molecule has 1 aliphatic carbocycles. The number of anilines is 1. The SMILES string of the molecule is C[C@H]1Cc2c(C(F)(F)F)nn(CC(=O)NC(Cc3cc(F)cc(F)c3)c3nc4nc(-c5ccccc5F)ccc4c(=O)n3-c3ccc(Cl)c(C(=N)N[S+](C)[O-])c3NCC(F)F)c2C1(F)F. The largest absolute Gasteiger partial charge is 0.593 e. The zero-order chi connectivity index (χ0) is 47.3. The highest BCUT2D eigenvalue weighted by molar-refractivity contribution is 7.89. The van der Waals surface area contributed by atoms with Gasteiger partial charge < -0.3 is 15.2 Å². The first kappa shape index (κ1) is 46.8. The maximum atomic E-state index is 15.5. The zero-order valence-corrected chi connectivity index (χ0v) is 35.0. The Morgan fingerprint density at radius 2 is 1.74 bits per heavy atom. The molecule has 0 aliphatic heterocycles. The van der Waals surface area contributed by atoms with Gasteiger partial charge in [-0.15, -0.1) is 0 Å². The molecule has 342 valence electrons. The Morgan fingerprint density at radius 3 is 2.38 bits per heavy atom. The summed E-state index contributed by atoms with van der Waals surface area (Å²) in [6.07, 6.45) is -8.58. The summed E-state index contributed by atoms with van der Waals surface area (Å²) in [5, 5.41) is 16.2. The highest BCUT2D eigenvalue weighted by atomic mass is 35.5. The van der Waals surface area contributed by atoms with Gasteiger partial charge in [-0.2, -0.15) is 31.8 Å². The van der Waals surface area contributed by atoms with Crippen molar-refractivity contribution in [3.05, 3.63) is 133 Å². The van der Waals surface area contributed by atoms with Crippen molar-refractivity contribution >= 4 is 51.4 Å². The van der Waals surface area contributed by atoms with E-state index in [2.05, 4.69) is 30.4 Å². The number of hydrogen-bond acceptors (Lipinski definition) is 8. The molecule has 3 aromatic heterocycles. The van der Waals surface area contributed by atoms with Gasteiger partial charge in [0.1, 0.15) is 41.8 Å². The topological polar surface area (TPSA) is 166 Å². The summed E-state index contributed by atoms with van der Waals surface area (Å²) in [7, 11) is 0. The molecule has 0 fully saturated rings. The normalized spacial score (nSPS) is 15.5. The summed E-state index contributed by atoms with van der Waals surface area (Å²) in [5.74, 6) is -11.1. The molecule has 6 aromatic rings. The van der Waals surface area contributed by atoms with Crippen LogP contribution in [0.25, 0.3) is 28.0 Å². The van der Waals surface area contributed by atoms with Crippen LogP contribution in [-0.4, -0.2) is 59.8 Å². The molecule has 2 unspecified atom stereocenters. The number of hydrogen-bond donors (Lipinski definition) is 4. The number of halogens is 11. The lowest BCUT2D eigenvalue weighted by Crippen LogP contribution is -2.38. The minimum absolute atomic E-state index is 0.0572. The number of amidine groups is 1. The molecular weight excluding hydrogens is 924 g/mol. The number of rotatable bonds is 13. The van der Waals surface area contributed by atoms with E-state index in [9.17, 15) is 44.9 Å². The number of benzene rings is 3. The van der Waals surface area contributed by atoms with Crippen molar-refractivity contribution in [3.63, 3.8) is 0 Å². The molecule has 3 heterocycles. The van der Waals surface area contributed by atoms with Crippen LogP contribution in [0.1, 0.15) is 46.9 Å². The van der Waals surface area contributed by atoms with E-state index in [-0.39, 0.29) is 31.9 Å². The number of nitrogens with zero attached hydrogens (tertiary/aromatic N) is 5. The van der Waals surface area contributed by atoms with E-state index in [0.717, 1.165) is 48.1 Å². The van der Waals surface area contributed by atoms with Gasteiger partial charge in [0, 0.05) is 29.5 Å². The minimum Gasteiger partial charge on any atom is -0.593 e. The van der Waals surface area contributed by atoms with Gasteiger partial charge in [-0.1, -0.05) is 30.7 Å². The van der Waals surface area contributed by atoms with Crippen molar-refractivity contribution in [3.8, 4) is 16.9 Å². The van der Waals surface area contributed by atoms with Crippen molar-refractivity contribution in [2.45, 2.75) is 50.9 Å². The lowest BCUT2D eigenvalue weighted by atomic mass is 10.0.